The van der Waals surface area contributed by atoms with Gasteiger partial charge in [0.05, 0.1) is 12.2 Å². The summed E-state index contributed by atoms with van der Waals surface area (Å²) >= 11 is 0. The van der Waals surface area contributed by atoms with Crippen molar-refractivity contribution >= 4 is 10.0 Å². The summed E-state index contributed by atoms with van der Waals surface area (Å²) in [5.74, 6) is -0.938. The van der Waals surface area contributed by atoms with E-state index in [9.17, 15) is 21.6 Å². The largest absolute Gasteiger partial charge is 0.390 e. The Balaban J connectivity index is 3.94. The maximum atomic E-state index is 11.5. The van der Waals surface area contributed by atoms with Crippen LogP contribution in [-0.2, 0) is 10.0 Å². The zero-order valence-electron chi connectivity index (χ0n) is 6.19. The van der Waals surface area contributed by atoms with E-state index in [1.807, 2.05) is 4.72 Å². The first-order valence-corrected chi connectivity index (χ1v) is 4.75. The van der Waals surface area contributed by atoms with E-state index in [0.717, 1.165) is 0 Å². The number of nitrogens with one attached hydrogen (secondary N) is 1. The number of sulfonamides is 1. The molecule has 0 saturated carbocycles. The van der Waals surface area contributed by atoms with Gasteiger partial charge in [-0.2, -0.15) is 13.2 Å². The van der Waals surface area contributed by atoms with Crippen molar-refractivity contribution in [2.45, 2.75) is 12.6 Å². The fraction of sp³-hybridized carbons (Fsp3) is 0.800. The van der Waals surface area contributed by atoms with Crippen molar-refractivity contribution in [2.75, 3.05) is 12.3 Å². The normalized spacial score (nSPS) is 13.3. The predicted octanol–water partition coefficient (Wildman–Crippen LogP) is 0.692. The number of rotatable bonds is 4. The minimum absolute atomic E-state index is 0.139. The molecule has 0 heterocycles. The molecule has 0 spiro atoms. The van der Waals surface area contributed by atoms with Crippen molar-refractivity contribution in [1.82, 2.24) is 4.72 Å². The molecule has 0 atom stereocenters. The van der Waals surface area contributed by atoms with Gasteiger partial charge >= 0.3 is 6.18 Å². The Hall–Kier alpha value is -0.300. The van der Waals surface area contributed by atoms with Crippen LogP contribution in [-0.4, -0.2) is 26.9 Å². The van der Waals surface area contributed by atoms with E-state index in [-0.39, 0.29) is 6.54 Å². The Bertz CT molecular complexity index is 221. The molecule has 0 fully saturated rings. The van der Waals surface area contributed by atoms with Gasteiger partial charge in [0.2, 0.25) is 10.0 Å². The van der Waals surface area contributed by atoms with Crippen molar-refractivity contribution in [3.63, 3.8) is 0 Å². The topological polar surface area (TPSA) is 46.2 Å². The molecule has 0 bridgehead atoms. The van der Waals surface area contributed by atoms with Crippen LogP contribution >= 0.6 is 0 Å². The molecule has 1 radical (unpaired) electrons. The van der Waals surface area contributed by atoms with Gasteiger partial charge in [0.1, 0.15) is 0 Å². The van der Waals surface area contributed by atoms with Gasteiger partial charge in [-0.1, -0.05) is 0 Å². The first-order valence-electron chi connectivity index (χ1n) is 3.10. The summed E-state index contributed by atoms with van der Waals surface area (Å²) < 4.78 is 57.7. The molecule has 0 aliphatic rings. The highest BCUT2D eigenvalue weighted by Crippen LogP contribution is 2.19. The lowest BCUT2D eigenvalue weighted by atomic mass is 10.5. The van der Waals surface area contributed by atoms with Gasteiger partial charge < -0.3 is 0 Å². The molecule has 1 N–H and O–H groups in total. The van der Waals surface area contributed by atoms with Crippen LogP contribution < -0.4 is 4.72 Å². The van der Waals surface area contributed by atoms with Crippen molar-refractivity contribution in [1.29, 1.82) is 0 Å². The average Bonchev–Trinajstić information content (AvgIpc) is 1.83. The summed E-state index contributed by atoms with van der Waals surface area (Å²) in [5, 5.41) is 0. The summed E-state index contributed by atoms with van der Waals surface area (Å²) in [6.45, 7) is 3.01. The van der Waals surface area contributed by atoms with E-state index in [1.54, 1.807) is 0 Å². The van der Waals surface area contributed by atoms with Crippen molar-refractivity contribution in [3.05, 3.63) is 6.92 Å². The minimum atomic E-state index is -4.43. The highest BCUT2D eigenvalue weighted by molar-refractivity contribution is 7.89. The second kappa shape index (κ2) is 4.08. The van der Waals surface area contributed by atoms with Crippen LogP contribution in [0.3, 0.4) is 0 Å². The fourth-order valence-corrected chi connectivity index (χ4v) is 1.43. The Kier molecular flexibility index (Phi) is 3.98. The number of halogens is 3. The SMILES string of the molecule is [CH2]CNS(=O)(=O)CCC(F)(F)F. The highest BCUT2D eigenvalue weighted by Gasteiger charge is 2.29. The molecule has 0 unspecified atom stereocenters. The Morgan fingerprint density at radius 1 is 1.33 bits per heavy atom. The summed E-state index contributed by atoms with van der Waals surface area (Å²) in [6.07, 6.45) is -5.77. The number of alkyl halides is 3. The molecule has 0 aliphatic heterocycles. The van der Waals surface area contributed by atoms with E-state index in [1.165, 1.54) is 0 Å². The van der Waals surface area contributed by atoms with Crippen molar-refractivity contribution in [2.24, 2.45) is 0 Å². The fourth-order valence-electron chi connectivity index (χ4n) is 0.478. The van der Waals surface area contributed by atoms with Crippen LogP contribution in [0.5, 0.6) is 0 Å². The van der Waals surface area contributed by atoms with Gasteiger partial charge in [-0.3, -0.25) is 0 Å². The molecule has 0 aromatic heterocycles. The molecule has 0 rings (SSSR count). The van der Waals surface area contributed by atoms with Crippen LogP contribution in [0.15, 0.2) is 0 Å². The van der Waals surface area contributed by atoms with Crippen LogP contribution in [0.1, 0.15) is 6.42 Å². The molecule has 7 heteroatoms. The van der Waals surface area contributed by atoms with Crippen LogP contribution in [0.4, 0.5) is 13.2 Å². The van der Waals surface area contributed by atoms with Crippen LogP contribution in [0.2, 0.25) is 0 Å². The van der Waals surface area contributed by atoms with Crippen LogP contribution in [0.25, 0.3) is 0 Å². The lowest BCUT2D eigenvalue weighted by Gasteiger charge is -2.06. The van der Waals surface area contributed by atoms with Gasteiger partial charge in [0.25, 0.3) is 0 Å². The van der Waals surface area contributed by atoms with E-state index >= 15 is 0 Å². The van der Waals surface area contributed by atoms with E-state index < -0.39 is 28.4 Å². The summed E-state index contributed by atoms with van der Waals surface area (Å²) in [4.78, 5) is 0. The molecule has 0 aliphatic carbocycles. The molecular formula is C5H9F3NO2S. The van der Waals surface area contributed by atoms with E-state index in [4.69, 9.17) is 0 Å². The Labute approximate surface area is 69.0 Å². The molecule has 0 aromatic carbocycles. The van der Waals surface area contributed by atoms with Crippen LogP contribution in [0, 0.1) is 6.92 Å². The van der Waals surface area contributed by atoms with Gasteiger partial charge in [0.15, 0.2) is 0 Å². The number of hydrogen-bond donors (Lipinski definition) is 1. The summed E-state index contributed by atoms with van der Waals surface area (Å²) in [5.41, 5.74) is 0. The number of hydrogen-bond acceptors (Lipinski definition) is 2. The highest BCUT2D eigenvalue weighted by atomic mass is 32.2. The first-order chi connectivity index (χ1) is 5.27. The lowest BCUT2D eigenvalue weighted by Crippen LogP contribution is -2.28. The Morgan fingerprint density at radius 2 is 1.83 bits per heavy atom. The third-order valence-corrected chi connectivity index (χ3v) is 2.36. The summed E-state index contributed by atoms with van der Waals surface area (Å²) in [7, 11) is -3.80. The Morgan fingerprint density at radius 3 is 2.17 bits per heavy atom. The standard InChI is InChI=1S/C5H9F3NO2S/c1-2-9-12(10,11)4-3-5(6,7)8/h9H,1-4H2. The maximum Gasteiger partial charge on any atom is 0.390 e. The van der Waals surface area contributed by atoms with Gasteiger partial charge in [-0.25, -0.2) is 13.1 Å². The average molecular weight is 204 g/mol. The smallest absolute Gasteiger partial charge is 0.215 e. The van der Waals surface area contributed by atoms with Crippen molar-refractivity contribution < 1.29 is 21.6 Å². The second-order valence-corrected chi connectivity index (χ2v) is 4.00. The van der Waals surface area contributed by atoms with Gasteiger partial charge in [-0.15, -0.1) is 0 Å². The molecule has 73 valence electrons. The third kappa shape index (κ3) is 6.41. The van der Waals surface area contributed by atoms with Gasteiger partial charge in [-0.05, 0) is 6.92 Å². The second-order valence-electron chi connectivity index (χ2n) is 2.08. The molecule has 0 amide bonds. The minimum Gasteiger partial charge on any atom is -0.215 e. The van der Waals surface area contributed by atoms with Crippen molar-refractivity contribution in [3.8, 4) is 0 Å². The quantitative estimate of drug-likeness (QED) is 0.732. The zero-order chi connectivity index (χ0) is 9.83. The zero-order valence-corrected chi connectivity index (χ0v) is 7.00. The van der Waals surface area contributed by atoms with E-state index in [2.05, 4.69) is 6.92 Å². The third-order valence-electron chi connectivity index (χ3n) is 0.976. The molecule has 12 heavy (non-hydrogen) atoms. The lowest BCUT2D eigenvalue weighted by molar-refractivity contribution is -0.129. The molecule has 0 aromatic rings. The predicted molar refractivity (Wildman–Crippen MR) is 37.8 cm³/mol. The maximum absolute atomic E-state index is 11.5. The molecular weight excluding hydrogens is 195 g/mol. The summed E-state index contributed by atoms with van der Waals surface area (Å²) in [6, 6.07) is 0. The first kappa shape index (κ1) is 11.7. The monoisotopic (exact) mass is 204 g/mol. The van der Waals surface area contributed by atoms with E-state index in [0.29, 0.717) is 0 Å². The molecule has 0 saturated heterocycles. The molecule has 3 nitrogen and oxygen atoms in total. The van der Waals surface area contributed by atoms with Gasteiger partial charge in [0, 0.05) is 6.54 Å².